The predicted octanol–water partition coefficient (Wildman–Crippen LogP) is 1.58. The lowest BCUT2D eigenvalue weighted by Crippen LogP contribution is -2.56. The van der Waals surface area contributed by atoms with Crippen LogP contribution in [0.2, 0.25) is 0 Å². The van der Waals surface area contributed by atoms with Gasteiger partial charge in [0.25, 0.3) is 5.91 Å². The fourth-order valence-corrected chi connectivity index (χ4v) is 3.13. The van der Waals surface area contributed by atoms with Crippen LogP contribution in [0.4, 0.5) is 4.39 Å². The molecule has 0 saturated carbocycles. The minimum Gasteiger partial charge on any atom is -0.484 e. The van der Waals surface area contributed by atoms with Gasteiger partial charge in [0.2, 0.25) is 0 Å². The fraction of sp³-hybridized carbons (Fsp3) is 0.588. The van der Waals surface area contributed by atoms with Crippen LogP contribution < -0.4 is 4.74 Å². The van der Waals surface area contributed by atoms with Gasteiger partial charge in [-0.2, -0.15) is 0 Å². The van der Waals surface area contributed by atoms with E-state index in [-0.39, 0.29) is 19.1 Å². The molecule has 1 amide bonds. The Labute approximate surface area is 135 Å². The third kappa shape index (κ3) is 4.20. The largest absolute Gasteiger partial charge is 0.484 e. The van der Waals surface area contributed by atoms with Crippen molar-refractivity contribution in [1.82, 2.24) is 4.90 Å². The summed E-state index contributed by atoms with van der Waals surface area (Å²) in [6, 6.07) is 5.64. The normalized spacial score (nSPS) is 24.5. The molecule has 1 aromatic carbocycles. The Morgan fingerprint density at radius 1 is 1.52 bits per heavy atom. The second kappa shape index (κ2) is 7.75. The summed E-state index contributed by atoms with van der Waals surface area (Å²) in [5.41, 5.74) is -0.665. The number of aliphatic hydroxyl groups excluding tert-OH is 2. The molecule has 1 fully saturated rings. The van der Waals surface area contributed by atoms with Gasteiger partial charge in [-0.25, -0.2) is 4.39 Å². The third-order valence-electron chi connectivity index (χ3n) is 4.46. The second-order valence-electron chi connectivity index (χ2n) is 6.14. The van der Waals surface area contributed by atoms with E-state index in [1.165, 1.54) is 18.2 Å². The number of aliphatic hydroxyl groups is 2. The first kappa shape index (κ1) is 17.7. The van der Waals surface area contributed by atoms with Crippen molar-refractivity contribution in [2.75, 3.05) is 26.3 Å². The summed E-state index contributed by atoms with van der Waals surface area (Å²) >= 11 is 0. The standard InChI is InChI=1S/C17H24FNO4/c1-2-7-17(12-20)11-19(8-6-15(17)21)16(22)10-23-14-5-3-4-13(18)9-14/h3-5,9,15,20-21H,2,6-8,10-12H2,1H3/t15-,17-/m0/s1. The Morgan fingerprint density at radius 3 is 2.96 bits per heavy atom. The number of hydrogen-bond acceptors (Lipinski definition) is 4. The highest BCUT2D eigenvalue weighted by atomic mass is 19.1. The molecule has 23 heavy (non-hydrogen) atoms. The number of ether oxygens (including phenoxy) is 1. The van der Waals surface area contributed by atoms with Crippen LogP contribution in [-0.2, 0) is 4.79 Å². The Balaban J connectivity index is 1.96. The monoisotopic (exact) mass is 325 g/mol. The highest BCUT2D eigenvalue weighted by molar-refractivity contribution is 5.78. The van der Waals surface area contributed by atoms with Crippen LogP contribution >= 0.6 is 0 Å². The number of nitrogens with zero attached hydrogens (tertiary/aromatic N) is 1. The molecule has 0 aromatic heterocycles. The number of likely N-dealkylation sites (tertiary alicyclic amines) is 1. The van der Waals surface area contributed by atoms with Gasteiger partial charge in [-0.1, -0.05) is 19.4 Å². The molecular weight excluding hydrogens is 301 g/mol. The predicted molar refractivity (Wildman–Crippen MR) is 83.5 cm³/mol. The molecule has 0 unspecified atom stereocenters. The molecule has 1 saturated heterocycles. The molecule has 1 aromatic rings. The zero-order chi connectivity index (χ0) is 16.9. The van der Waals surface area contributed by atoms with Gasteiger partial charge in [0.1, 0.15) is 11.6 Å². The van der Waals surface area contributed by atoms with Crippen LogP contribution in [0.1, 0.15) is 26.2 Å². The van der Waals surface area contributed by atoms with E-state index >= 15 is 0 Å². The van der Waals surface area contributed by atoms with Crippen LogP contribution in [0.5, 0.6) is 5.75 Å². The third-order valence-corrected chi connectivity index (χ3v) is 4.46. The maximum atomic E-state index is 13.1. The van der Waals surface area contributed by atoms with Crippen molar-refractivity contribution in [3.63, 3.8) is 0 Å². The van der Waals surface area contributed by atoms with Gasteiger partial charge in [-0.15, -0.1) is 0 Å². The van der Waals surface area contributed by atoms with Crippen molar-refractivity contribution in [2.45, 2.75) is 32.3 Å². The number of amides is 1. The van der Waals surface area contributed by atoms with Crippen LogP contribution in [0.15, 0.2) is 24.3 Å². The summed E-state index contributed by atoms with van der Waals surface area (Å²) in [4.78, 5) is 13.9. The molecule has 6 heteroatoms. The van der Waals surface area contributed by atoms with E-state index in [4.69, 9.17) is 4.74 Å². The van der Waals surface area contributed by atoms with Crippen LogP contribution in [0, 0.1) is 11.2 Å². The number of hydrogen-bond donors (Lipinski definition) is 2. The van der Waals surface area contributed by atoms with Crippen LogP contribution in [-0.4, -0.2) is 53.4 Å². The molecule has 0 aliphatic carbocycles. The first-order chi connectivity index (χ1) is 11.0. The summed E-state index contributed by atoms with van der Waals surface area (Å²) in [5.74, 6) is -0.342. The maximum absolute atomic E-state index is 13.1. The van der Waals surface area contributed by atoms with Gasteiger partial charge in [-0.05, 0) is 25.0 Å². The van der Waals surface area contributed by atoms with E-state index in [0.29, 0.717) is 31.7 Å². The Hall–Kier alpha value is -1.66. The van der Waals surface area contributed by atoms with Gasteiger partial charge in [0.15, 0.2) is 6.61 Å². The first-order valence-electron chi connectivity index (χ1n) is 7.96. The molecule has 5 nitrogen and oxygen atoms in total. The lowest BCUT2D eigenvalue weighted by atomic mass is 9.74. The van der Waals surface area contributed by atoms with Crippen molar-refractivity contribution in [1.29, 1.82) is 0 Å². The summed E-state index contributed by atoms with van der Waals surface area (Å²) in [7, 11) is 0. The molecule has 0 bridgehead atoms. The molecule has 2 N–H and O–H groups in total. The van der Waals surface area contributed by atoms with Crippen LogP contribution in [0.25, 0.3) is 0 Å². The number of carbonyl (C=O) groups excluding carboxylic acids is 1. The van der Waals surface area contributed by atoms with Gasteiger partial charge in [0.05, 0.1) is 12.7 Å². The fourth-order valence-electron chi connectivity index (χ4n) is 3.13. The zero-order valence-electron chi connectivity index (χ0n) is 13.4. The number of piperidine rings is 1. The quantitative estimate of drug-likeness (QED) is 0.833. The SMILES string of the molecule is CCC[C@@]1(CO)CN(C(=O)COc2cccc(F)c2)CC[C@@H]1O. The number of carbonyl (C=O) groups is 1. The molecule has 2 atom stereocenters. The number of halogens is 1. The van der Waals surface area contributed by atoms with E-state index in [1.54, 1.807) is 11.0 Å². The summed E-state index contributed by atoms with van der Waals surface area (Å²) < 4.78 is 18.4. The Bertz CT molecular complexity index is 539. The number of benzene rings is 1. The molecule has 0 radical (unpaired) electrons. The summed E-state index contributed by atoms with van der Waals surface area (Å²) in [6.45, 7) is 2.38. The minimum atomic E-state index is -0.665. The summed E-state index contributed by atoms with van der Waals surface area (Å²) in [6.07, 6.45) is 1.30. The average molecular weight is 325 g/mol. The smallest absolute Gasteiger partial charge is 0.260 e. The first-order valence-corrected chi connectivity index (χ1v) is 7.96. The van der Waals surface area contributed by atoms with E-state index in [0.717, 1.165) is 6.42 Å². The molecule has 128 valence electrons. The van der Waals surface area contributed by atoms with E-state index < -0.39 is 17.3 Å². The lowest BCUT2D eigenvalue weighted by Gasteiger charge is -2.45. The van der Waals surface area contributed by atoms with Crippen molar-refractivity contribution >= 4 is 5.91 Å². The van der Waals surface area contributed by atoms with E-state index in [9.17, 15) is 19.4 Å². The Morgan fingerprint density at radius 2 is 2.30 bits per heavy atom. The van der Waals surface area contributed by atoms with Crippen molar-refractivity contribution in [3.8, 4) is 5.75 Å². The Kier molecular flexibility index (Phi) is 5.96. The lowest BCUT2D eigenvalue weighted by molar-refractivity contribution is -0.144. The maximum Gasteiger partial charge on any atom is 0.260 e. The van der Waals surface area contributed by atoms with Gasteiger partial charge < -0.3 is 19.8 Å². The average Bonchev–Trinajstić information content (AvgIpc) is 2.55. The highest BCUT2D eigenvalue weighted by Gasteiger charge is 2.42. The molecule has 1 heterocycles. The topological polar surface area (TPSA) is 70.0 Å². The summed E-state index contributed by atoms with van der Waals surface area (Å²) in [5, 5.41) is 19.9. The second-order valence-corrected chi connectivity index (χ2v) is 6.14. The number of rotatable bonds is 6. The molecule has 0 spiro atoms. The van der Waals surface area contributed by atoms with E-state index in [1.807, 2.05) is 6.92 Å². The molecular formula is C17H24FNO4. The van der Waals surface area contributed by atoms with Gasteiger partial charge >= 0.3 is 0 Å². The highest BCUT2D eigenvalue weighted by Crippen LogP contribution is 2.34. The van der Waals surface area contributed by atoms with Crippen LogP contribution in [0.3, 0.4) is 0 Å². The van der Waals surface area contributed by atoms with Crippen molar-refractivity contribution in [3.05, 3.63) is 30.1 Å². The molecule has 1 aliphatic heterocycles. The minimum absolute atomic E-state index is 0.156. The molecule has 2 rings (SSSR count). The van der Waals surface area contributed by atoms with Gasteiger partial charge in [0, 0.05) is 24.6 Å². The molecule has 1 aliphatic rings. The van der Waals surface area contributed by atoms with E-state index in [2.05, 4.69) is 0 Å². The zero-order valence-corrected chi connectivity index (χ0v) is 13.4. The van der Waals surface area contributed by atoms with Crippen molar-refractivity contribution < 1.29 is 24.1 Å². The van der Waals surface area contributed by atoms with Crippen molar-refractivity contribution in [2.24, 2.45) is 5.41 Å². The van der Waals surface area contributed by atoms with Gasteiger partial charge in [-0.3, -0.25) is 4.79 Å².